The van der Waals surface area contributed by atoms with Crippen molar-refractivity contribution < 1.29 is 14.1 Å². The van der Waals surface area contributed by atoms with Crippen molar-refractivity contribution >= 4 is 6.03 Å². The topological polar surface area (TPSA) is 89.3 Å². The third-order valence-corrected chi connectivity index (χ3v) is 3.27. The van der Waals surface area contributed by atoms with Gasteiger partial charge in [0.25, 0.3) is 0 Å². The van der Waals surface area contributed by atoms with Crippen molar-refractivity contribution in [3.8, 4) is 5.75 Å². The van der Waals surface area contributed by atoms with Crippen molar-refractivity contribution in [1.82, 2.24) is 20.8 Å². The van der Waals surface area contributed by atoms with Gasteiger partial charge in [-0.05, 0) is 45.4 Å². The Morgan fingerprint density at radius 3 is 2.79 bits per heavy atom. The number of urea groups is 1. The van der Waals surface area contributed by atoms with Crippen LogP contribution in [0, 0.1) is 6.92 Å². The molecule has 0 aliphatic carbocycles. The molecule has 0 radical (unpaired) electrons. The number of aryl methyl sites for hydroxylation is 1. The van der Waals surface area contributed by atoms with E-state index in [0.29, 0.717) is 24.7 Å². The number of hydrogen-bond donors (Lipinski definition) is 2. The maximum absolute atomic E-state index is 12.0. The summed E-state index contributed by atoms with van der Waals surface area (Å²) in [4.78, 5) is 16.1. The van der Waals surface area contributed by atoms with E-state index in [4.69, 9.17) is 9.26 Å². The van der Waals surface area contributed by atoms with Crippen LogP contribution in [0.4, 0.5) is 4.79 Å². The standard InChI is InChI=1S/C17H24N4O3/c1-11(2)23-15-7-5-6-14(10-15)12(3)19-17(22)18-9-8-16-20-13(4)21-24-16/h5-7,10-12H,8-9H2,1-4H3,(H2,18,19,22). The average Bonchev–Trinajstić information content (AvgIpc) is 2.92. The summed E-state index contributed by atoms with van der Waals surface area (Å²) in [7, 11) is 0. The molecule has 0 fully saturated rings. The van der Waals surface area contributed by atoms with Crippen molar-refractivity contribution in [3.05, 3.63) is 41.5 Å². The molecule has 0 saturated carbocycles. The number of rotatable bonds is 7. The number of nitrogens with zero attached hydrogens (tertiary/aromatic N) is 2. The maximum Gasteiger partial charge on any atom is 0.315 e. The molecule has 2 aromatic rings. The molecule has 1 unspecified atom stereocenters. The molecule has 0 spiro atoms. The molecule has 2 amide bonds. The summed E-state index contributed by atoms with van der Waals surface area (Å²) in [5.41, 5.74) is 0.982. The number of nitrogens with one attached hydrogen (secondary N) is 2. The Labute approximate surface area is 141 Å². The summed E-state index contributed by atoms with van der Waals surface area (Å²) >= 11 is 0. The minimum absolute atomic E-state index is 0.111. The molecule has 24 heavy (non-hydrogen) atoms. The van der Waals surface area contributed by atoms with Crippen LogP contribution in [0.5, 0.6) is 5.75 Å². The van der Waals surface area contributed by atoms with Gasteiger partial charge in [0.1, 0.15) is 5.75 Å². The quantitative estimate of drug-likeness (QED) is 0.814. The van der Waals surface area contributed by atoms with Gasteiger partial charge >= 0.3 is 6.03 Å². The van der Waals surface area contributed by atoms with E-state index in [1.54, 1.807) is 6.92 Å². The third-order valence-electron chi connectivity index (χ3n) is 3.27. The first kappa shape index (κ1) is 17.8. The Morgan fingerprint density at radius 2 is 2.12 bits per heavy atom. The summed E-state index contributed by atoms with van der Waals surface area (Å²) in [5.74, 6) is 1.90. The SMILES string of the molecule is Cc1noc(CCNC(=O)NC(C)c2cccc(OC(C)C)c2)n1. The first-order chi connectivity index (χ1) is 11.4. The largest absolute Gasteiger partial charge is 0.491 e. The highest BCUT2D eigenvalue weighted by molar-refractivity contribution is 5.74. The highest BCUT2D eigenvalue weighted by atomic mass is 16.5. The molecule has 1 atom stereocenters. The van der Waals surface area contributed by atoms with Crippen LogP contribution >= 0.6 is 0 Å². The van der Waals surface area contributed by atoms with E-state index in [-0.39, 0.29) is 18.2 Å². The predicted molar refractivity (Wildman–Crippen MR) is 89.9 cm³/mol. The molecule has 2 N–H and O–H groups in total. The van der Waals surface area contributed by atoms with Gasteiger partial charge in [-0.1, -0.05) is 17.3 Å². The maximum atomic E-state index is 12.0. The van der Waals surface area contributed by atoms with Gasteiger partial charge < -0.3 is 19.9 Å². The van der Waals surface area contributed by atoms with Gasteiger partial charge in [-0.3, -0.25) is 0 Å². The van der Waals surface area contributed by atoms with E-state index >= 15 is 0 Å². The lowest BCUT2D eigenvalue weighted by Crippen LogP contribution is -2.38. The van der Waals surface area contributed by atoms with E-state index < -0.39 is 0 Å². The van der Waals surface area contributed by atoms with E-state index in [1.807, 2.05) is 45.0 Å². The van der Waals surface area contributed by atoms with Crippen molar-refractivity contribution in [2.45, 2.75) is 46.3 Å². The molecule has 7 nitrogen and oxygen atoms in total. The van der Waals surface area contributed by atoms with Crippen molar-refractivity contribution in [2.24, 2.45) is 0 Å². The molecule has 1 aromatic carbocycles. The second kappa shape index (κ2) is 8.33. The number of carbonyl (C=O) groups is 1. The molecule has 1 aromatic heterocycles. The first-order valence-electron chi connectivity index (χ1n) is 8.04. The summed E-state index contributed by atoms with van der Waals surface area (Å²) in [6.07, 6.45) is 0.612. The molecule has 0 aliphatic rings. The van der Waals surface area contributed by atoms with E-state index in [1.165, 1.54) is 0 Å². The average molecular weight is 332 g/mol. The second-order valence-electron chi connectivity index (χ2n) is 5.85. The molecule has 0 saturated heterocycles. The fourth-order valence-corrected chi connectivity index (χ4v) is 2.18. The zero-order chi connectivity index (χ0) is 17.5. The van der Waals surface area contributed by atoms with Crippen LogP contribution in [0.15, 0.2) is 28.8 Å². The summed E-state index contributed by atoms with van der Waals surface area (Å²) in [6.45, 7) is 8.07. The summed E-state index contributed by atoms with van der Waals surface area (Å²) in [6, 6.07) is 7.34. The van der Waals surface area contributed by atoms with Gasteiger partial charge in [0.15, 0.2) is 5.82 Å². The second-order valence-corrected chi connectivity index (χ2v) is 5.85. The molecule has 0 bridgehead atoms. The first-order valence-corrected chi connectivity index (χ1v) is 8.04. The summed E-state index contributed by atoms with van der Waals surface area (Å²) in [5, 5.41) is 9.38. The van der Waals surface area contributed by atoms with E-state index in [2.05, 4.69) is 20.8 Å². The lowest BCUT2D eigenvalue weighted by atomic mass is 10.1. The van der Waals surface area contributed by atoms with Crippen LogP contribution in [-0.2, 0) is 6.42 Å². The van der Waals surface area contributed by atoms with Crippen LogP contribution in [0.3, 0.4) is 0 Å². The minimum Gasteiger partial charge on any atom is -0.491 e. The smallest absolute Gasteiger partial charge is 0.315 e. The van der Waals surface area contributed by atoms with Gasteiger partial charge in [-0.15, -0.1) is 0 Å². The van der Waals surface area contributed by atoms with Crippen LogP contribution < -0.4 is 15.4 Å². The zero-order valence-electron chi connectivity index (χ0n) is 14.5. The molecule has 130 valence electrons. The van der Waals surface area contributed by atoms with E-state index in [9.17, 15) is 4.79 Å². The Hall–Kier alpha value is -2.57. The molecular weight excluding hydrogens is 308 g/mol. The number of aromatic nitrogens is 2. The molecular formula is C17H24N4O3. The molecule has 0 aliphatic heterocycles. The lowest BCUT2D eigenvalue weighted by Gasteiger charge is -2.17. The van der Waals surface area contributed by atoms with Gasteiger partial charge in [-0.25, -0.2) is 4.79 Å². The zero-order valence-corrected chi connectivity index (χ0v) is 14.5. The minimum atomic E-state index is -0.242. The normalized spacial score (nSPS) is 12.0. The molecule has 7 heteroatoms. The van der Waals surface area contributed by atoms with Crippen molar-refractivity contribution in [1.29, 1.82) is 0 Å². The van der Waals surface area contributed by atoms with Crippen LogP contribution in [0.2, 0.25) is 0 Å². The number of ether oxygens (including phenoxy) is 1. The number of hydrogen-bond acceptors (Lipinski definition) is 5. The molecule has 2 rings (SSSR count). The van der Waals surface area contributed by atoms with Crippen LogP contribution in [0.1, 0.15) is 44.1 Å². The highest BCUT2D eigenvalue weighted by Gasteiger charge is 2.11. The van der Waals surface area contributed by atoms with Crippen molar-refractivity contribution in [3.63, 3.8) is 0 Å². The predicted octanol–water partition coefficient (Wildman–Crippen LogP) is 2.77. The summed E-state index contributed by atoms with van der Waals surface area (Å²) < 4.78 is 10.7. The Bertz CT molecular complexity index is 669. The van der Waals surface area contributed by atoms with E-state index in [0.717, 1.165) is 11.3 Å². The monoisotopic (exact) mass is 332 g/mol. The fraction of sp³-hybridized carbons (Fsp3) is 0.471. The number of benzene rings is 1. The Balaban J connectivity index is 1.80. The van der Waals surface area contributed by atoms with Gasteiger partial charge in [-0.2, -0.15) is 4.98 Å². The van der Waals surface area contributed by atoms with Crippen molar-refractivity contribution in [2.75, 3.05) is 6.54 Å². The van der Waals surface area contributed by atoms with Crippen LogP contribution in [0.25, 0.3) is 0 Å². The Morgan fingerprint density at radius 1 is 1.33 bits per heavy atom. The van der Waals surface area contributed by atoms with Gasteiger partial charge in [0, 0.05) is 13.0 Å². The van der Waals surface area contributed by atoms with Gasteiger partial charge in [0.05, 0.1) is 12.1 Å². The Kier molecular flexibility index (Phi) is 6.17. The number of amides is 2. The van der Waals surface area contributed by atoms with Crippen LogP contribution in [-0.4, -0.2) is 28.8 Å². The molecule has 1 heterocycles. The fourth-order valence-electron chi connectivity index (χ4n) is 2.18. The number of carbonyl (C=O) groups excluding carboxylic acids is 1. The highest BCUT2D eigenvalue weighted by Crippen LogP contribution is 2.19. The lowest BCUT2D eigenvalue weighted by molar-refractivity contribution is 0.236. The van der Waals surface area contributed by atoms with Gasteiger partial charge in [0.2, 0.25) is 5.89 Å². The third kappa shape index (κ3) is 5.57.